The zero-order valence-corrected chi connectivity index (χ0v) is 12.4. The molecule has 0 amide bonds. The standard InChI is InChI=1S/C15H17BrN2/c1-9-4-5-13(17)14(6-9)18-12-7-10(2)15(16)11(3)8-12/h4-8,18H,17H2,1-3H3. The lowest BCUT2D eigenvalue weighted by Gasteiger charge is -2.13. The van der Waals surface area contributed by atoms with Crippen molar-refractivity contribution >= 4 is 33.0 Å². The zero-order valence-electron chi connectivity index (χ0n) is 10.8. The number of hydrogen-bond acceptors (Lipinski definition) is 2. The van der Waals surface area contributed by atoms with Gasteiger partial charge in [-0.3, -0.25) is 0 Å². The molecule has 3 N–H and O–H groups in total. The van der Waals surface area contributed by atoms with Gasteiger partial charge in [-0.05, 0) is 61.7 Å². The van der Waals surface area contributed by atoms with E-state index in [2.05, 4.69) is 60.2 Å². The highest BCUT2D eigenvalue weighted by molar-refractivity contribution is 9.10. The molecule has 0 heterocycles. The lowest BCUT2D eigenvalue weighted by Crippen LogP contribution is -1.98. The van der Waals surface area contributed by atoms with E-state index in [0.717, 1.165) is 21.5 Å². The van der Waals surface area contributed by atoms with Crippen molar-refractivity contribution in [2.24, 2.45) is 0 Å². The van der Waals surface area contributed by atoms with E-state index >= 15 is 0 Å². The molecule has 0 aliphatic heterocycles. The smallest absolute Gasteiger partial charge is 0.0620 e. The van der Waals surface area contributed by atoms with Crippen molar-refractivity contribution in [1.82, 2.24) is 0 Å². The summed E-state index contributed by atoms with van der Waals surface area (Å²) in [7, 11) is 0. The highest BCUT2D eigenvalue weighted by Gasteiger charge is 2.04. The average molecular weight is 305 g/mol. The van der Waals surface area contributed by atoms with Gasteiger partial charge < -0.3 is 11.1 Å². The molecule has 2 nitrogen and oxygen atoms in total. The molecule has 0 atom stereocenters. The first kappa shape index (κ1) is 13.0. The van der Waals surface area contributed by atoms with Crippen LogP contribution in [-0.2, 0) is 0 Å². The van der Waals surface area contributed by atoms with Gasteiger partial charge in [-0.1, -0.05) is 22.0 Å². The molecule has 0 unspecified atom stereocenters. The van der Waals surface area contributed by atoms with Crippen LogP contribution in [0.2, 0.25) is 0 Å². The number of anilines is 3. The molecule has 94 valence electrons. The number of nitrogens with one attached hydrogen (secondary N) is 1. The topological polar surface area (TPSA) is 38.0 Å². The zero-order chi connectivity index (χ0) is 13.3. The van der Waals surface area contributed by atoms with Crippen LogP contribution in [0.4, 0.5) is 17.1 Å². The number of hydrogen-bond donors (Lipinski definition) is 2. The van der Waals surface area contributed by atoms with Gasteiger partial charge in [0.25, 0.3) is 0 Å². The van der Waals surface area contributed by atoms with Crippen LogP contribution in [-0.4, -0.2) is 0 Å². The van der Waals surface area contributed by atoms with E-state index in [4.69, 9.17) is 5.73 Å². The minimum Gasteiger partial charge on any atom is -0.397 e. The molecule has 18 heavy (non-hydrogen) atoms. The summed E-state index contributed by atoms with van der Waals surface area (Å²) in [5, 5.41) is 3.38. The van der Waals surface area contributed by atoms with Gasteiger partial charge in [0, 0.05) is 10.2 Å². The van der Waals surface area contributed by atoms with E-state index in [-0.39, 0.29) is 0 Å². The number of nitrogen functional groups attached to an aromatic ring is 1. The van der Waals surface area contributed by atoms with E-state index in [1.54, 1.807) is 0 Å². The highest BCUT2D eigenvalue weighted by Crippen LogP contribution is 2.29. The molecule has 2 aromatic rings. The van der Waals surface area contributed by atoms with E-state index < -0.39 is 0 Å². The molecule has 2 rings (SSSR count). The molecule has 0 saturated heterocycles. The van der Waals surface area contributed by atoms with Gasteiger partial charge in [0.1, 0.15) is 0 Å². The third-order valence-corrected chi connectivity index (χ3v) is 4.18. The maximum atomic E-state index is 5.97. The molecule has 0 aliphatic rings. The van der Waals surface area contributed by atoms with Gasteiger partial charge in [0.05, 0.1) is 11.4 Å². The van der Waals surface area contributed by atoms with Gasteiger partial charge >= 0.3 is 0 Å². The molecule has 2 aromatic carbocycles. The Balaban J connectivity index is 2.37. The predicted molar refractivity (Wildman–Crippen MR) is 82.5 cm³/mol. The quantitative estimate of drug-likeness (QED) is 0.789. The van der Waals surface area contributed by atoms with E-state index in [1.807, 2.05) is 12.1 Å². The van der Waals surface area contributed by atoms with Gasteiger partial charge in [-0.15, -0.1) is 0 Å². The van der Waals surface area contributed by atoms with Crippen LogP contribution in [0.1, 0.15) is 16.7 Å². The largest absolute Gasteiger partial charge is 0.397 e. The lowest BCUT2D eigenvalue weighted by molar-refractivity contribution is 1.33. The number of aryl methyl sites for hydroxylation is 3. The van der Waals surface area contributed by atoms with Crippen LogP contribution in [0.5, 0.6) is 0 Å². The summed E-state index contributed by atoms with van der Waals surface area (Å²) in [5.41, 5.74) is 12.4. The van der Waals surface area contributed by atoms with Crippen LogP contribution in [0, 0.1) is 20.8 Å². The molecule has 0 radical (unpaired) electrons. The van der Waals surface area contributed by atoms with Gasteiger partial charge in [-0.25, -0.2) is 0 Å². The summed E-state index contributed by atoms with van der Waals surface area (Å²) in [4.78, 5) is 0. The summed E-state index contributed by atoms with van der Waals surface area (Å²) in [6, 6.07) is 10.2. The summed E-state index contributed by atoms with van der Waals surface area (Å²) < 4.78 is 1.16. The fourth-order valence-corrected chi connectivity index (χ4v) is 2.18. The average Bonchev–Trinajstić information content (AvgIpc) is 2.31. The molecule has 0 saturated carbocycles. The van der Waals surface area contributed by atoms with Crippen molar-refractivity contribution in [3.63, 3.8) is 0 Å². The van der Waals surface area contributed by atoms with E-state index in [9.17, 15) is 0 Å². The van der Waals surface area contributed by atoms with Crippen molar-refractivity contribution in [3.05, 3.63) is 51.5 Å². The molecule has 0 aliphatic carbocycles. The number of rotatable bonds is 2. The first-order valence-corrected chi connectivity index (χ1v) is 6.66. The predicted octanol–water partition coefficient (Wildman–Crippen LogP) is 4.70. The van der Waals surface area contributed by atoms with Crippen molar-refractivity contribution in [3.8, 4) is 0 Å². The second-order valence-corrected chi connectivity index (χ2v) is 5.43. The van der Waals surface area contributed by atoms with Crippen molar-refractivity contribution in [1.29, 1.82) is 0 Å². The third kappa shape index (κ3) is 2.67. The molecule has 0 spiro atoms. The second kappa shape index (κ2) is 5.02. The van der Waals surface area contributed by atoms with E-state index in [1.165, 1.54) is 16.7 Å². The third-order valence-electron chi connectivity index (χ3n) is 2.92. The molecule has 0 bridgehead atoms. The molecule has 0 aromatic heterocycles. The van der Waals surface area contributed by atoms with Gasteiger partial charge in [-0.2, -0.15) is 0 Å². The molecule has 3 heteroatoms. The first-order valence-electron chi connectivity index (χ1n) is 5.87. The summed E-state index contributed by atoms with van der Waals surface area (Å²) in [5.74, 6) is 0. The normalized spacial score (nSPS) is 10.4. The van der Waals surface area contributed by atoms with Crippen LogP contribution < -0.4 is 11.1 Å². The Morgan fingerprint density at radius 1 is 1.00 bits per heavy atom. The second-order valence-electron chi connectivity index (χ2n) is 4.64. The van der Waals surface area contributed by atoms with Crippen molar-refractivity contribution in [2.45, 2.75) is 20.8 Å². The summed E-state index contributed by atoms with van der Waals surface area (Å²) >= 11 is 3.57. The Morgan fingerprint density at radius 3 is 2.22 bits per heavy atom. The molecule has 0 fully saturated rings. The van der Waals surface area contributed by atoms with Crippen LogP contribution in [0.25, 0.3) is 0 Å². The highest BCUT2D eigenvalue weighted by atomic mass is 79.9. The summed E-state index contributed by atoms with van der Waals surface area (Å²) in [6.45, 7) is 6.23. The Morgan fingerprint density at radius 2 is 1.61 bits per heavy atom. The minimum absolute atomic E-state index is 0.763. The Bertz CT molecular complexity index is 568. The SMILES string of the molecule is Cc1ccc(N)c(Nc2cc(C)c(Br)c(C)c2)c1. The lowest BCUT2D eigenvalue weighted by atomic mass is 10.1. The minimum atomic E-state index is 0.763. The van der Waals surface area contributed by atoms with Crippen LogP contribution >= 0.6 is 15.9 Å². The monoisotopic (exact) mass is 304 g/mol. The van der Waals surface area contributed by atoms with Crippen LogP contribution in [0.15, 0.2) is 34.8 Å². The summed E-state index contributed by atoms with van der Waals surface area (Å²) in [6.07, 6.45) is 0. The maximum absolute atomic E-state index is 5.97. The molecular weight excluding hydrogens is 288 g/mol. The fourth-order valence-electron chi connectivity index (χ4n) is 1.95. The number of benzene rings is 2. The Kier molecular flexibility index (Phi) is 3.62. The Labute approximate surface area is 116 Å². The number of nitrogens with two attached hydrogens (primary N) is 1. The van der Waals surface area contributed by atoms with Crippen LogP contribution in [0.3, 0.4) is 0 Å². The number of halogens is 1. The van der Waals surface area contributed by atoms with Crippen molar-refractivity contribution < 1.29 is 0 Å². The Hall–Kier alpha value is -1.48. The fraction of sp³-hybridized carbons (Fsp3) is 0.200. The maximum Gasteiger partial charge on any atom is 0.0620 e. The van der Waals surface area contributed by atoms with E-state index in [0.29, 0.717) is 0 Å². The van der Waals surface area contributed by atoms with Gasteiger partial charge in [0.2, 0.25) is 0 Å². The first-order chi connectivity index (χ1) is 8.47. The van der Waals surface area contributed by atoms with Crippen molar-refractivity contribution in [2.75, 3.05) is 11.1 Å². The molecular formula is C15H17BrN2. The van der Waals surface area contributed by atoms with Gasteiger partial charge in [0.15, 0.2) is 0 Å².